The standard InChI is InChI=1S/C10H15N3O2/c11-3-4-12-9(14)5-13-6-10(15,7-13)8-1-2-8/h8,15H,1-2,4-7H2,(H,12,14). The summed E-state index contributed by atoms with van der Waals surface area (Å²) in [6.07, 6.45) is 2.23. The summed E-state index contributed by atoms with van der Waals surface area (Å²) >= 11 is 0. The molecule has 0 aromatic rings. The van der Waals surface area contributed by atoms with Crippen molar-refractivity contribution in [2.24, 2.45) is 5.92 Å². The lowest BCUT2D eigenvalue weighted by molar-refractivity contribution is -0.136. The van der Waals surface area contributed by atoms with Crippen LogP contribution in [0.15, 0.2) is 0 Å². The van der Waals surface area contributed by atoms with E-state index in [0.29, 0.717) is 19.0 Å². The van der Waals surface area contributed by atoms with Crippen molar-refractivity contribution < 1.29 is 9.90 Å². The lowest BCUT2D eigenvalue weighted by atomic mass is 9.89. The number of hydrogen-bond acceptors (Lipinski definition) is 4. The number of carbonyl (C=O) groups excluding carboxylic acids is 1. The molecule has 0 radical (unpaired) electrons. The number of carbonyl (C=O) groups is 1. The zero-order valence-electron chi connectivity index (χ0n) is 8.57. The zero-order valence-corrected chi connectivity index (χ0v) is 8.57. The molecule has 0 spiro atoms. The number of β-amino-alcohol motifs (C(OH)–C–C–N with tert-alkyl or cyclic N) is 1. The number of hydrogen-bond donors (Lipinski definition) is 2. The Morgan fingerprint density at radius 1 is 1.60 bits per heavy atom. The van der Waals surface area contributed by atoms with Gasteiger partial charge in [0.05, 0.1) is 18.2 Å². The van der Waals surface area contributed by atoms with E-state index in [1.54, 1.807) is 0 Å². The predicted octanol–water partition coefficient (Wildman–Crippen LogP) is -0.917. The maximum Gasteiger partial charge on any atom is 0.235 e. The van der Waals surface area contributed by atoms with E-state index in [9.17, 15) is 9.90 Å². The molecular formula is C10H15N3O2. The molecule has 0 aromatic heterocycles. The summed E-state index contributed by atoms with van der Waals surface area (Å²) in [5, 5.41) is 20.7. The summed E-state index contributed by atoms with van der Waals surface area (Å²) in [5.74, 6) is 0.310. The van der Waals surface area contributed by atoms with E-state index in [0.717, 1.165) is 12.8 Å². The first-order valence-corrected chi connectivity index (χ1v) is 5.22. The first-order chi connectivity index (χ1) is 7.14. The molecule has 1 amide bonds. The minimum atomic E-state index is -0.532. The van der Waals surface area contributed by atoms with Crippen LogP contribution in [0.3, 0.4) is 0 Å². The smallest absolute Gasteiger partial charge is 0.235 e. The first kappa shape index (κ1) is 10.4. The van der Waals surface area contributed by atoms with Crippen LogP contribution in [-0.2, 0) is 4.79 Å². The number of likely N-dealkylation sites (tertiary alicyclic amines) is 1. The van der Waals surface area contributed by atoms with E-state index < -0.39 is 5.60 Å². The molecule has 1 aliphatic carbocycles. The first-order valence-electron chi connectivity index (χ1n) is 5.22. The molecule has 1 saturated carbocycles. The highest BCUT2D eigenvalue weighted by atomic mass is 16.3. The molecule has 1 aliphatic heterocycles. The molecule has 2 N–H and O–H groups in total. The average Bonchev–Trinajstić information content (AvgIpc) is 2.95. The van der Waals surface area contributed by atoms with Crippen LogP contribution in [-0.4, -0.2) is 47.7 Å². The third-order valence-corrected chi connectivity index (χ3v) is 3.06. The van der Waals surface area contributed by atoms with Crippen LogP contribution < -0.4 is 5.32 Å². The van der Waals surface area contributed by atoms with Gasteiger partial charge in [0.15, 0.2) is 0 Å². The number of amides is 1. The minimum Gasteiger partial charge on any atom is -0.387 e. The fraction of sp³-hybridized carbons (Fsp3) is 0.800. The number of nitrogens with one attached hydrogen (secondary N) is 1. The Hall–Kier alpha value is -1.12. The number of nitriles is 1. The molecular weight excluding hydrogens is 194 g/mol. The van der Waals surface area contributed by atoms with Gasteiger partial charge in [-0.25, -0.2) is 0 Å². The topological polar surface area (TPSA) is 76.4 Å². The fourth-order valence-electron chi connectivity index (χ4n) is 2.12. The van der Waals surface area contributed by atoms with Gasteiger partial charge >= 0.3 is 0 Å². The number of aliphatic hydroxyl groups is 1. The van der Waals surface area contributed by atoms with Crippen LogP contribution in [0.4, 0.5) is 0 Å². The molecule has 1 heterocycles. The highest BCUT2D eigenvalue weighted by molar-refractivity contribution is 5.78. The van der Waals surface area contributed by atoms with E-state index in [4.69, 9.17) is 5.26 Å². The van der Waals surface area contributed by atoms with Gasteiger partial charge in [-0.2, -0.15) is 5.26 Å². The third-order valence-electron chi connectivity index (χ3n) is 3.06. The maximum atomic E-state index is 11.2. The highest BCUT2D eigenvalue weighted by Crippen LogP contribution is 2.44. The normalized spacial score (nSPS) is 24.0. The highest BCUT2D eigenvalue weighted by Gasteiger charge is 2.51. The van der Waals surface area contributed by atoms with Gasteiger partial charge in [0.2, 0.25) is 5.91 Å². The predicted molar refractivity (Wildman–Crippen MR) is 52.7 cm³/mol. The molecule has 0 bridgehead atoms. The number of nitrogens with zero attached hydrogens (tertiary/aromatic N) is 2. The Labute approximate surface area is 88.7 Å². The second kappa shape index (κ2) is 3.80. The molecule has 5 heteroatoms. The maximum absolute atomic E-state index is 11.2. The van der Waals surface area contributed by atoms with Crippen molar-refractivity contribution >= 4 is 5.91 Å². The molecule has 0 unspecified atom stereocenters. The zero-order chi connectivity index (χ0) is 10.9. The Morgan fingerprint density at radius 3 is 2.80 bits per heavy atom. The SMILES string of the molecule is N#CCNC(=O)CN1CC(O)(C2CC2)C1. The Bertz CT molecular complexity index is 300. The van der Waals surface area contributed by atoms with Crippen molar-refractivity contribution in [2.45, 2.75) is 18.4 Å². The van der Waals surface area contributed by atoms with Crippen LogP contribution >= 0.6 is 0 Å². The molecule has 2 fully saturated rings. The van der Waals surface area contributed by atoms with Crippen molar-refractivity contribution in [1.82, 2.24) is 10.2 Å². The summed E-state index contributed by atoms with van der Waals surface area (Å²) < 4.78 is 0. The third kappa shape index (κ3) is 2.28. The molecule has 0 atom stereocenters. The van der Waals surface area contributed by atoms with Crippen molar-refractivity contribution in [3.8, 4) is 6.07 Å². The van der Waals surface area contributed by atoms with Gasteiger partial charge in [-0.3, -0.25) is 9.69 Å². The summed E-state index contributed by atoms with van der Waals surface area (Å²) in [6.45, 7) is 1.53. The second-order valence-electron chi connectivity index (χ2n) is 4.46. The Morgan fingerprint density at radius 2 is 2.27 bits per heavy atom. The van der Waals surface area contributed by atoms with Gasteiger partial charge < -0.3 is 10.4 Å². The molecule has 1 saturated heterocycles. The van der Waals surface area contributed by atoms with Gasteiger partial charge in [0, 0.05) is 13.1 Å². The van der Waals surface area contributed by atoms with E-state index >= 15 is 0 Å². The number of rotatable bonds is 4. The van der Waals surface area contributed by atoms with Crippen LogP contribution in [0.2, 0.25) is 0 Å². The average molecular weight is 209 g/mol. The molecule has 2 aliphatic rings. The van der Waals surface area contributed by atoms with Crippen LogP contribution in [0.25, 0.3) is 0 Å². The molecule has 5 nitrogen and oxygen atoms in total. The van der Waals surface area contributed by atoms with E-state index in [-0.39, 0.29) is 19.0 Å². The summed E-state index contributed by atoms with van der Waals surface area (Å²) in [4.78, 5) is 13.1. The Kier molecular flexibility index (Phi) is 2.63. The summed E-state index contributed by atoms with van der Waals surface area (Å²) in [7, 11) is 0. The van der Waals surface area contributed by atoms with Crippen LogP contribution in [0, 0.1) is 17.2 Å². The molecule has 82 valence electrons. The van der Waals surface area contributed by atoms with Crippen molar-refractivity contribution in [1.29, 1.82) is 5.26 Å². The van der Waals surface area contributed by atoms with Crippen molar-refractivity contribution in [3.63, 3.8) is 0 Å². The van der Waals surface area contributed by atoms with E-state index in [1.165, 1.54) is 0 Å². The van der Waals surface area contributed by atoms with E-state index in [1.807, 2.05) is 11.0 Å². The fourth-order valence-corrected chi connectivity index (χ4v) is 2.12. The quantitative estimate of drug-likeness (QED) is 0.587. The van der Waals surface area contributed by atoms with Crippen molar-refractivity contribution in [3.05, 3.63) is 0 Å². The van der Waals surface area contributed by atoms with Gasteiger partial charge in [0.1, 0.15) is 6.54 Å². The molecule has 0 aromatic carbocycles. The van der Waals surface area contributed by atoms with Gasteiger partial charge in [0.25, 0.3) is 0 Å². The Balaban J connectivity index is 1.67. The molecule has 15 heavy (non-hydrogen) atoms. The van der Waals surface area contributed by atoms with Gasteiger partial charge in [-0.1, -0.05) is 0 Å². The monoisotopic (exact) mass is 209 g/mol. The largest absolute Gasteiger partial charge is 0.387 e. The van der Waals surface area contributed by atoms with Crippen LogP contribution in [0.1, 0.15) is 12.8 Å². The second-order valence-corrected chi connectivity index (χ2v) is 4.46. The lowest BCUT2D eigenvalue weighted by Gasteiger charge is -2.46. The summed E-state index contributed by atoms with van der Waals surface area (Å²) in [5.41, 5.74) is -0.532. The van der Waals surface area contributed by atoms with Crippen molar-refractivity contribution in [2.75, 3.05) is 26.2 Å². The van der Waals surface area contributed by atoms with Gasteiger partial charge in [-0.15, -0.1) is 0 Å². The summed E-state index contributed by atoms with van der Waals surface area (Å²) in [6, 6.07) is 1.85. The molecule has 2 rings (SSSR count). The minimum absolute atomic E-state index is 0.0551. The van der Waals surface area contributed by atoms with Gasteiger partial charge in [-0.05, 0) is 18.8 Å². The van der Waals surface area contributed by atoms with E-state index in [2.05, 4.69) is 5.32 Å². The van der Waals surface area contributed by atoms with Crippen LogP contribution in [0.5, 0.6) is 0 Å². The lowest BCUT2D eigenvalue weighted by Crippen LogP contribution is -2.64.